The second kappa shape index (κ2) is 2.54. The van der Waals surface area contributed by atoms with Gasteiger partial charge in [-0.25, -0.2) is 10.3 Å². The van der Waals surface area contributed by atoms with E-state index in [9.17, 15) is 0 Å². The largest absolute Gasteiger partial charge is 0.255 e. The maximum Gasteiger partial charge on any atom is 0.116 e. The Hall–Kier alpha value is -1.64. The van der Waals surface area contributed by atoms with Crippen LogP contribution < -0.4 is 5.32 Å². The lowest BCUT2D eigenvalue weighted by atomic mass is 10.3. The summed E-state index contributed by atoms with van der Waals surface area (Å²) in [5, 5.41) is 3.85. The standard InChI is InChI=1S/C8H6N3/c1-2-4-10-7(3-1)8-5-9-6-11-8/h1-6H. The fourth-order valence-electron chi connectivity index (χ4n) is 0.879. The minimum Gasteiger partial charge on any atom is -0.255 e. The third-order valence-electron chi connectivity index (χ3n) is 1.39. The van der Waals surface area contributed by atoms with Crippen molar-refractivity contribution in [2.45, 2.75) is 0 Å². The molecule has 2 rings (SSSR count). The van der Waals surface area contributed by atoms with Crippen molar-refractivity contribution >= 4 is 12.0 Å². The van der Waals surface area contributed by atoms with Crippen LogP contribution in [0.4, 0.5) is 0 Å². The predicted octanol–water partition coefficient (Wildman–Crippen LogP) is 1.03. The molecule has 2 heterocycles. The Labute approximate surface area is 64.5 Å². The second-order valence-electron chi connectivity index (χ2n) is 2.12. The molecule has 0 bridgehead atoms. The predicted molar refractivity (Wildman–Crippen MR) is 42.8 cm³/mol. The highest BCUT2D eigenvalue weighted by Crippen LogP contribution is 2.13. The van der Waals surface area contributed by atoms with E-state index in [1.807, 2.05) is 18.2 Å². The Balaban J connectivity index is 2.37. The van der Waals surface area contributed by atoms with Crippen LogP contribution in [0.15, 0.2) is 35.6 Å². The zero-order chi connectivity index (χ0) is 7.52. The molecule has 1 aliphatic rings. The summed E-state index contributed by atoms with van der Waals surface area (Å²) in [6, 6.07) is 5.71. The molecule has 3 heteroatoms. The van der Waals surface area contributed by atoms with Crippen molar-refractivity contribution in [3.63, 3.8) is 0 Å². The van der Waals surface area contributed by atoms with Gasteiger partial charge in [0.05, 0.1) is 11.9 Å². The molecule has 0 N–H and O–H groups in total. The van der Waals surface area contributed by atoms with Gasteiger partial charge in [-0.15, -0.1) is 0 Å². The van der Waals surface area contributed by atoms with Gasteiger partial charge in [0.1, 0.15) is 12.0 Å². The highest BCUT2D eigenvalue weighted by atomic mass is 15.0. The monoisotopic (exact) mass is 144 g/mol. The highest BCUT2D eigenvalue weighted by molar-refractivity contribution is 5.77. The Morgan fingerprint density at radius 1 is 1.18 bits per heavy atom. The van der Waals surface area contributed by atoms with Gasteiger partial charge in [-0.2, -0.15) is 0 Å². The normalized spacial score (nSPS) is 14.4. The van der Waals surface area contributed by atoms with Gasteiger partial charge in [0.25, 0.3) is 0 Å². The molecular formula is C8H6N3. The lowest BCUT2D eigenvalue weighted by molar-refractivity contribution is 1.25. The van der Waals surface area contributed by atoms with Crippen molar-refractivity contribution in [1.29, 1.82) is 0 Å². The van der Waals surface area contributed by atoms with E-state index in [1.54, 1.807) is 12.4 Å². The molecule has 1 aliphatic heterocycles. The van der Waals surface area contributed by atoms with Crippen LogP contribution in [-0.4, -0.2) is 11.3 Å². The average Bonchev–Trinajstić information content (AvgIpc) is 2.58. The summed E-state index contributed by atoms with van der Waals surface area (Å²) in [7, 11) is 0. The van der Waals surface area contributed by atoms with E-state index in [-0.39, 0.29) is 0 Å². The van der Waals surface area contributed by atoms with Crippen LogP contribution in [-0.2, 0) is 0 Å². The van der Waals surface area contributed by atoms with Crippen LogP contribution in [0.3, 0.4) is 0 Å². The van der Waals surface area contributed by atoms with E-state index < -0.39 is 0 Å². The molecule has 11 heavy (non-hydrogen) atoms. The van der Waals surface area contributed by atoms with Gasteiger partial charge in [0, 0.05) is 6.20 Å². The summed E-state index contributed by atoms with van der Waals surface area (Å²) in [5.74, 6) is 0. The minimum atomic E-state index is 0.825. The summed E-state index contributed by atoms with van der Waals surface area (Å²) < 4.78 is 0. The molecule has 0 aromatic carbocycles. The first-order chi connectivity index (χ1) is 5.47. The van der Waals surface area contributed by atoms with E-state index in [2.05, 4.69) is 15.3 Å². The first-order valence-corrected chi connectivity index (χ1v) is 3.31. The van der Waals surface area contributed by atoms with Crippen LogP contribution in [0.1, 0.15) is 5.69 Å². The topological polar surface area (TPSA) is 39.4 Å². The Morgan fingerprint density at radius 2 is 2.18 bits per heavy atom. The number of rotatable bonds is 1. The molecule has 0 amide bonds. The quantitative estimate of drug-likeness (QED) is 0.580. The van der Waals surface area contributed by atoms with Gasteiger partial charge < -0.3 is 0 Å². The molecule has 0 spiro atoms. The molecule has 3 nitrogen and oxygen atoms in total. The highest BCUT2D eigenvalue weighted by Gasteiger charge is 2.02. The van der Waals surface area contributed by atoms with Gasteiger partial charge in [0.15, 0.2) is 0 Å². The molecule has 0 atom stereocenters. The van der Waals surface area contributed by atoms with Crippen LogP contribution in [0.25, 0.3) is 5.70 Å². The number of pyridine rings is 1. The second-order valence-corrected chi connectivity index (χ2v) is 2.12. The molecule has 1 aromatic heterocycles. The van der Waals surface area contributed by atoms with Crippen molar-refractivity contribution in [3.05, 3.63) is 36.3 Å². The Kier molecular flexibility index (Phi) is 1.41. The molecular weight excluding hydrogens is 138 g/mol. The zero-order valence-electron chi connectivity index (χ0n) is 5.81. The maximum atomic E-state index is 4.12. The van der Waals surface area contributed by atoms with Gasteiger partial charge in [-0.3, -0.25) is 4.98 Å². The summed E-state index contributed by atoms with van der Waals surface area (Å²) in [4.78, 5) is 8.13. The lowest BCUT2D eigenvalue weighted by Gasteiger charge is -1.93. The molecule has 53 valence electrons. The molecule has 1 radical (unpaired) electrons. The van der Waals surface area contributed by atoms with Crippen molar-refractivity contribution in [2.75, 3.05) is 0 Å². The van der Waals surface area contributed by atoms with Crippen LogP contribution in [0.2, 0.25) is 0 Å². The number of nitrogens with zero attached hydrogens (tertiary/aromatic N) is 3. The summed E-state index contributed by atoms with van der Waals surface area (Å²) in [5.41, 5.74) is 1.69. The molecule has 0 aliphatic carbocycles. The third kappa shape index (κ3) is 1.12. The number of aliphatic imine (C=N–C) groups is 1. The van der Waals surface area contributed by atoms with Crippen LogP contribution in [0, 0.1) is 0 Å². The van der Waals surface area contributed by atoms with Crippen LogP contribution in [0.5, 0.6) is 0 Å². The first kappa shape index (κ1) is 6.09. The van der Waals surface area contributed by atoms with Crippen molar-refractivity contribution in [2.24, 2.45) is 4.99 Å². The number of aromatic nitrogens is 1. The lowest BCUT2D eigenvalue weighted by Crippen LogP contribution is -1.83. The fourth-order valence-corrected chi connectivity index (χ4v) is 0.879. The molecule has 0 saturated carbocycles. The Bertz CT molecular complexity index is 300. The number of hydrogen-bond donors (Lipinski definition) is 0. The van der Waals surface area contributed by atoms with E-state index in [4.69, 9.17) is 0 Å². The zero-order valence-corrected chi connectivity index (χ0v) is 5.81. The van der Waals surface area contributed by atoms with Crippen molar-refractivity contribution in [3.8, 4) is 0 Å². The van der Waals surface area contributed by atoms with Gasteiger partial charge in [0.2, 0.25) is 0 Å². The van der Waals surface area contributed by atoms with E-state index in [0.717, 1.165) is 11.4 Å². The van der Waals surface area contributed by atoms with E-state index >= 15 is 0 Å². The van der Waals surface area contributed by atoms with E-state index in [1.165, 1.54) is 6.34 Å². The van der Waals surface area contributed by atoms with Gasteiger partial charge in [-0.05, 0) is 12.1 Å². The molecule has 0 fully saturated rings. The minimum absolute atomic E-state index is 0.825. The average molecular weight is 144 g/mol. The number of hydrogen-bond acceptors (Lipinski definition) is 2. The smallest absolute Gasteiger partial charge is 0.116 e. The Morgan fingerprint density at radius 3 is 2.82 bits per heavy atom. The summed E-state index contributed by atoms with van der Waals surface area (Å²) in [6.07, 6.45) is 4.95. The van der Waals surface area contributed by atoms with Crippen molar-refractivity contribution < 1.29 is 0 Å². The molecule has 0 saturated heterocycles. The van der Waals surface area contributed by atoms with E-state index in [0.29, 0.717) is 0 Å². The third-order valence-corrected chi connectivity index (χ3v) is 1.39. The molecule has 1 aromatic rings. The molecule has 0 unspecified atom stereocenters. The van der Waals surface area contributed by atoms with Gasteiger partial charge in [-0.1, -0.05) is 6.07 Å². The summed E-state index contributed by atoms with van der Waals surface area (Å²) >= 11 is 0. The van der Waals surface area contributed by atoms with Gasteiger partial charge >= 0.3 is 0 Å². The maximum absolute atomic E-state index is 4.12. The van der Waals surface area contributed by atoms with Crippen molar-refractivity contribution in [1.82, 2.24) is 10.3 Å². The first-order valence-electron chi connectivity index (χ1n) is 3.31. The summed E-state index contributed by atoms with van der Waals surface area (Å²) in [6.45, 7) is 0. The SMILES string of the molecule is C1=NC(c2ccccn2)=C[N]1. The van der Waals surface area contributed by atoms with Crippen LogP contribution >= 0.6 is 0 Å². The fraction of sp³-hybridized carbons (Fsp3) is 0.